The summed E-state index contributed by atoms with van der Waals surface area (Å²) in [5, 5.41) is 13.7. The van der Waals surface area contributed by atoms with Gasteiger partial charge >= 0.3 is 5.69 Å². The molecule has 88 valence electrons. The third-order valence-corrected chi connectivity index (χ3v) is 2.70. The van der Waals surface area contributed by atoms with Crippen molar-refractivity contribution in [1.82, 2.24) is 15.0 Å². The molecule has 2 aliphatic rings. The first-order valence-electron chi connectivity index (χ1n) is 5.36. The van der Waals surface area contributed by atoms with Crippen LogP contribution in [0.2, 0.25) is 0 Å². The largest absolute Gasteiger partial charge is 0.326 e. The van der Waals surface area contributed by atoms with Crippen molar-refractivity contribution in [2.45, 2.75) is 12.8 Å². The second kappa shape index (κ2) is 3.65. The number of hydrazone groups is 1. The monoisotopic (exact) mass is 234 g/mol. The Bertz CT molecular complexity index is 619. The van der Waals surface area contributed by atoms with E-state index < -0.39 is 11.2 Å². The molecule has 8 heteroatoms. The van der Waals surface area contributed by atoms with Crippen LogP contribution in [0.5, 0.6) is 0 Å². The van der Waals surface area contributed by atoms with E-state index in [4.69, 9.17) is 0 Å². The first kappa shape index (κ1) is 9.94. The predicted octanol–water partition coefficient (Wildman–Crippen LogP) is -0.0821. The van der Waals surface area contributed by atoms with Gasteiger partial charge in [0.25, 0.3) is 5.56 Å². The zero-order valence-corrected chi connectivity index (χ0v) is 8.93. The SMILES string of the molecule is O=c1[nH]c2c(c(=O)[nH]1)N=N/C2=N\N1CCCC1. The van der Waals surface area contributed by atoms with Crippen molar-refractivity contribution in [2.75, 3.05) is 13.1 Å². The maximum Gasteiger partial charge on any atom is 0.326 e. The van der Waals surface area contributed by atoms with Crippen LogP contribution in [0.15, 0.2) is 24.9 Å². The van der Waals surface area contributed by atoms with Crippen LogP contribution in [-0.4, -0.2) is 33.9 Å². The molecule has 0 atom stereocenters. The zero-order valence-electron chi connectivity index (χ0n) is 8.93. The number of nitrogens with zero attached hydrogens (tertiary/aromatic N) is 4. The topological polar surface area (TPSA) is 106 Å². The molecule has 2 N–H and O–H groups in total. The molecule has 0 bridgehead atoms. The fourth-order valence-electron chi connectivity index (χ4n) is 1.89. The predicted molar refractivity (Wildman–Crippen MR) is 59.5 cm³/mol. The van der Waals surface area contributed by atoms with Crippen molar-refractivity contribution in [3.63, 3.8) is 0 Å². The van der Waals surface area contributed by atoms with Gasteiger partial charge in [-0.25, -0.2) is 4.79 Å². The number of aromatic nitrogens is 2. The Kier molecular flexibility index (Phi) is 2.13. The normalized spacial score (nSPS) is 20.2. The summed E-state index contributed by atoms with van der Waals surface area (Å²) in [6.45, 7) is 1.73. The molecule has 3 rings (SSSR count). The molecule has 0 radical (unpaired) electrons. The zero-order chi connectivity index (χ0) is 11.8. The number of amidine groups is 1. The Morgan fingerprint density at radius 2 is 1.88 bits per heavy atom. The van der Waals surface area contributed by atoms with Gasteiger partial charge in [0.2, 0.25) is 5.84 Å². The molecule has 0 spiro atoms. The number of azo groups is 1. The highest BCUT2D eigenvalue weighted by Gasteiger charge is 2.22. The first-order valence-corrected chi connectivity index (χ1v) is 5.36. The highest BCUT2D eigenvalue weighted by atomic mass is 16.2. The van der Waals surface area contributed by atoms with Crippen LogP contribution in [-0.2, 0) is 0 Å². The van der Waals surface area contributed by atoms with Crippen molar-refractivity contribution >= 4 is 11.5 Å². The maximum atomic E-state index is 11.4. The molecule has 2 aliphatic heterocycles. The Hall–Kier alpha value is -2.25. The lowest BCUT2D eigenvalue weighted by Gasteiger charge is -2.09. The van der Waals surface area contributed by atoms with Gasteiger partial charge in [-0.3, -0.25) is 14.8 Å². The van der Waals surface area contributed by atoms with Crippen LogP contribution >= 0.6 is 0 Å². The molecule has 0 aromatic carbocycles. The van der Waals surface area contributed by atoms with Gasteiger partial charge in [0.1, 0.15) is 5.69 Å². The number of H-pyrrole nitrogens is 2. The summed E-state index contributed by atoms with van der Waals surface area (Å²) in [7, 11) is 0. The molecule has 1 fully saturated rings. The molecule has 0 saturated carbocycles. The Balaban J connectivity index is 2.06. The van der Waals surface area contributed by atoms with E-state index in [0.29, 0.717) is 11.5 Å². The van der Waals surface area contributed by atoms with Crippen molar-refractivity contribution < 1.29 is 0 Å². The fourth-order valence-corrected chi connectivity index (χ4v) is 1.89. The molecule has 1 aromatic rings. The average molecular weight is 234 g/mol. The Morgan fingerprint density at radius 1 is 1.12 bits per heavy atom. The van der Waals surface area contributed by atoms with Gasteiger partial charge in [0.15, 0.2) is 5.69 Å². The second-order valence-electron chi connectivity index (χ2n) is 3.92. The molecule has 0 amide bonds. The van der Waals surface area contributed by atoms with E-state index in [0.717, 1.165) is 25.9 Å². The van der Waals surface area contributed by atoms with Crippen molar-refractivity contribution in [3.05, 3.63) is 26.5 Å². The number of aromatic amines is 2. The Morgan fingerprint density at radius 3 is 2.65 bits per heavy atom. The summed E-state index contributed by atoms with van der Waals surface area (Å²) in [4.78, 5) is 27.2. The first-order chi connectivity index (χ1) is 8.24. The Labute approximate surface area is 95.1 Å². The minimum atomic E-state index is -0.574. The molecule has 1 saturated heterocycles. The van der Waals surface area contributed by atoms with Crippen molar-refractivity contribution in [2.24, 2.45) is 15.3 Å². The van der Waals surface area contributed by atoms with Crippen LogP contribution in [0.1, 0.15) is 18.5 Å². The van der Waals surface area contributed by atoms with Gasteiger partial charge in [0, 0.05) is 13.1 Å². The molecule has 0 aliphatic carbocycles. The fraction of sp³-hybridized carbons (Fsp3) is 0.444. The lowest BCUT2D eigenvalue weighted by molar-refractivity contribution is 0.360. The van der Waals surface area contributed by atoms with Crippen LogP contribution in [0.25, 0.3) is 0 Å². The molecule has 8 nitrogen and oxygen atoms in total. The van der Waals surface area contributed by atoms with Crippen LogP contribution in [0.4, 0.5) is 5.69 Å². The quantitative estimate of drug-likeness (QED) is 0.709. The van der Waals surface area contributed by atoms with E-state index in [-0.39, 0.29) is 5.69 Å². The highest BCUT2D eigenvalue weighted by molar-refractivity contribution is 6.03. The summed E-state index contributed by atoms with van der Waals surface area (Å²) in [5.74, 6) is 0.296. The maximum absolute atomic E-state index is 11.4. The number of hydrogen-bond acceptors (Lipinski definition) is 5. The van der Waals surface area contributed by atoms with Crippen molar-refractivity contribution in [3.8, 4) is 0 Å². The van der Waals surface area contributed by atoms with E-state index in [1.165, 1.54) is 0 Å². The molecule has 17 heavy (non-hydrogen) atoms. The average Bonchev–Trinajstić information content (AvgIpc) is 2.89. The second-order valence-corrected chi connectivity index (χ2v) is 3.92. The van der Waals surface area contributed by atoms with Gasteiger partial charge in [0.05, 0.1) is 0 Å². The van der Waals surface area contributed by atoms with Crippen LogP contribution < -0.4 is 11.2 Å². The minimum absolute atomic E-state index is 0.113. The summed E-state index contributed by atoms with van der Waals surface area (Å²) in [6.07, 6.45) is 2.18. The van der Waals surface area contributed by atoms with Gasteiger partial charge in [-0.15, -0.1) is 10.2 Å². The third kappa shape index (κ3) is 1.67. The molecular weight excluding hydrogens is 224 g/mol. The van der Waals surface area contributed by atoms with E-state index in [2.05, 4.69) is 25.3 Å². The summed E-state index contributed by atoms with van der Waals surface area (Å²) >= 11 is 0. The van der Waals surface area contributed by atoms with E-state index in [1.54, 1.807) is 0 Å². The molecular formula is C9H10N6O2. The van der Waals surface area contributed by atoms with Gasteiger partial charge < -0.3 is 4.98 Å². The van der Waals surface area contributed by atoms with E-state index in [1.807, 2.05) is 5.01 Å². The van der Waals surface area contributed by atoms with Gasteiger partial charge in [-0.2, -0.15) is 5.10 Å². The lowest BCUT2D eigenvalue weighted by Crippen LogP contribution is -2.24. The van der Waals surface area contributed by atoms with Crippen molar-refractivity contribution in [1.29, 1.82) is 0 Å². The number of fused-ring (bicyclic) bond motifs is 1. The van der Waals surface area contributed by atoms with Gasteiger partial charge in [-0.1, -0.05) is 0 Å². The standard InChI is InChI=1S/C9H10N6O2/c16-8-6-5(10-9(17)11-8)7(13-12-6)14-15-3-1-2-4-15/h1-4H2,(H2,10,11,16,17)/b14-7-. The summed E-state index contributed by atoms with van der Waals surface area (Å²) < 4.78 is 0. The molecule has 0 unspecified atom stereocenters. The van der Waals surface area contributed by atoms with E-state index in [9.17, 15) is 9.59 Å². The van der Waals surface area contributed by atoms with Crippen LogP contribution in [0, 0.1) is 0 Å². The molecule has 1 aromatic heterocycles. The van der Waals surface area contributed by atoms with E-state index >= 15 is 0 Å². The number of rotatable bonds is 1. The number of hydrogen-bond donors (Lipinski definition) is 2. The van der Waals surface area contributed by atoms with Crippen LogP contribution in [0.3, 0.4) is 0 Å². The minimum Gasteiger partial charge on any atom is -0.302 e. The molecule has 3 heterocycles. The highest BCUT2D eigenvalue weighted by Crippen LogP contribution is 2.20. The van der Waals surface area contributed by atoms with Gasteiger partial charge in [-0.05, 0) is 12.8 Å². The third-order valence-electron chi connectivity index (χ3n) is 2.70. The smallest absolute Gasteiger partial charge is 0.302 e. The lowest BCUT2D eigenvalue weighted by atomic mass is 10.3. The summed E-state index contributed by atoms with van der Waals surface area (Å²) in [5.41, 5.74) is -0.706. The summed E-state index contributed by atoms with van der Waals surface area (Å²) in [6, 6.07) is 0. The number of nitrogens with one attached hydrogen (secondary N) is 2.